The lowest BCUT2D eigenvalue weighted by Gasteiger charge is -2.12. The Morgan fingerprint density at radius 1 is 0.647 bits per heavy atom. The minimum Gasteiger partial charge on any atom is -0.378 e. The Labute approximate surface area is 199 Å². The maximum absolute atomic E-state index is 12.3. The van der Waals surface area contributed by atoms with E-state index in [4.69, 9.17) is 0 Å². The molecule has 8 nitrogen and oxygen atoms in total. The van der Waals surface area contributed by atoms with Gasteiger partial charge in [0.25, 0.3) is 11.8 Å². The number of nitrogens with one attached hydrogen (secondary N) is 2. The van der Waals surface area contributed by atoms with Gasteiger partial charge in [0.15, 0.2) is 0 Å². The van der Waals surface area contributed by atoms with Gasteiger partial charge in [0.05, 0.1) is 12.4 Å². The van der Waals surface area contributed by atoms with Crippen LogP contribution in [-0.2, 0) is 0 Å². The van der Waals surface area contributed by atoms with Crippen molar-refractivity contribution < 1.29 is 9.59 Å². The third-order valence-electron chi connectivity index (χ3n) is 4.92. The molecular formula is C26H28N6O2. The highest BCUT2D eigenvalue weighted by molar-refractivity contribution is 5.97. The third kappa shape index (κ3) is 6.77. The van der Waals surface area contributed by atoms with Crippen LogP contribution in [0.15, 0.2) is 83.0 Å². The van der Waals surface area contributed by atoms with E-state index < -0.39 is 0 Å². The van der Waals surface area contributed by atoms with Gasteiger partial charge in [0.1, 0.15) is 0 Å². The Morgan fingerprint density at radius 2 is 1.06 bits per heavy atom. The lowest BCUT2D eigenvalue weighted by molar-refractivity contribution is 0.0947. The van der Waals surface area contributed by atoms with E-state index in [9.17, 15) is 9.59 Å². The topological polar surface area (TPSA) is 89.4 Å². The van der Waals surface area contributed by atoms with Gasteiger partial charge in [-0.05, 0) is 53.6 Å². The molecule has 8 heteroatoms. The number of nitrogens with zero attached hydrogens (tertiary/aromatic N) is 4. The minimum absolute atomic E-state index is 0.293. The highest BCUT2D eigenvalue weighted by atomic mass is 16.2. The van der Waals surface area contributed by atoms with Crippen LogP contribution in [-0.4, -0.2) is 52.4 Å². The standard InChI is InChI=1S/C26H28N6O2/c1-31(2)23-12-6-10-21(15-23)25(33)29-27-17-19-8-5-9-20(14-19)18-28-30-26(34)22-11-7-13-24(16-22)32(3)4/h5-18H,1-4H3,(H,29,33)(H,30,34). The monoisotopic (exact) mass is 456 g/mol. The van der Waals surface area contributed by atoms with Crippen LogP contribution in [0.4, 0.5) is 11.4 Å². The first-order valence-corrected chi connectivity index (χ1v) is 10.6. The number of hydrogen-bond acceptors (Lipinski definition) is 6. The summed E-state index contributed by atoms with van der Waals surface area (Å²) in [7, 11) is 7.66. The summed E-state index contributed by atoms with van der Waals surface area (Å²) in [4.78, 5) is 28.6. The predicted molar refractivity (Wildman–Crippen MR) is 138 cm³/mol. The molecule has 0 saturated carbocycles. The Kier molecular flexibility index (Phi) is 8.12. The molecule has 3 rings (SSSR count). The second-order valence-corrected chi connectivity index (χ2v) is 7.96. The maximum Gasteiger partial charge on any atom is 0.271 e. The molecule has 0 radical (unpaired) electrons. The summed E-state index contributed by atoms with van der Waals surface area (Å²) in [5, 5.41) is 8.10. The van der Waals surface area contributed by atoms with E-state index in [2.05, 4.69) is 21.1 Å². The second kappa shape index (κ2) is 11.4. The van der Waals surface area contributed by atoms with Crippen molar-refractivity contribution in [3.63, 3.8) is 0 Å². The van der Waals surface area contributed by atoms with Crippen molar-refractivity contribution >= 4 is 35.6 Å². The summed E-state index contributed by atoms with van der Waals surface area (Å²) in [6.07, 6.45) is 3.10. The van der Waals surface area contributed by atoms with Gasteiger partial charge in [0.2, 0.25) is 0 Å². The molecule has 0 bridgehead atoms. The van der Waals surface area contributed by atoms with Crippen molar-refractivity contribution in [1.29, 1.82) is 0 Å². The lowest BCUT2D eigenvalue weighted by atomic mass is 10.1. The van der Waals surface area contributed by atoms with Gasteiger partial charge in [-0.2, -0.15) is 10.2 Å². The van der Waals surface area contributed by atoms with Gasteiger partial charge in [-0.3, -0.25) is 9.59 Å². The zero-order valence-corrected chi connectivity index (χ0v) is 19.7. The summed E-state index contributed by atoms with van der Waals surface area (Å²) < 4.78 is 0. The lowest BCUT2D eigenvalue weighted by Crippen LogP contribution is -2.18. The van der Waals surface area contributed by atoms with Crippen LogP contribution < -0.4 is 20.7 Å². The van der Waals surface area contributed by atoms with E-state index in [1.807, 2.05) is 86.5 Å². The van der Waals surface area contributed by atoms with E-state index in [1.54, 1.807) is 36.7 Å². The fourth-order valence-corrected chi connectivity index (χ4v) is 3.03. The van der Waals surface area contributed by atoms with E-state index in [0.29, 0.717) is 11.1 Å². The summed E-state index contributed by atoms with van der Waals surface area (Å²) in [5.41, 5.74) is 9.54. The van der Waals surface area contributed by atoms with Crippen LogP contribution in [0.5, 0.6) is 0 Å². The van der Waals surface area contributed by atoms with Crippen molar-refractivity contribution in [3.05, 3.63) is 95.1 Å². The van der Waals surface area contributed by atoms with Gasteiger partial charge in [0, 0.05) is 50.7 Å². The van der Waals surface area contributed by atoms with Gasteiger partial charge < -0.3 is 9.80 Å². The Balaban J connectivity index is 1.58. The third-order valence-corrected chi connectivity index (χ3v) is 4.92. The molecule has 174 valence electrons. The molecule has 0 aliphatic rings. The molecule has 0 saturated heterocycles. The SMILES string of the molecule is CN(C)c1cccc(C(=O)NN=Cc2cccc(C=NNC(=O)c3cccc(N(C)C)c3)c2)c1. The molecule has 34 heavy (non-hydrogen) atoms. The smallest absolute Gasteiger partial charge is 0.271 e. The van der Waals surface area contributed by atoms with Crippen LogP contribution in [0, 0.1) is 0 Å². The minimum atomic E-state index is -0.293. The van der Waals surface area contributed by atoms with Gasteiger partial charge in [-0.25, -0.2) is 10.9 Å². The van der Waals surface area contributed by atoms with E-state index in [-0.39, 0.29) is 11.8 Å². The van der Waals surface area contributed by atoms with Crippen molar-refractivity contribution in [2.75, 3.05) is 38.0 Å². The zero-order chi connectivity index (χ0) is 24.5. The van der Waals surface area contributed by atoms with Crippen LogP contribution in [0.2, 0.25) is 0 Å². The average molecular weight is 457 g/mol. The van der Waals surface area contributed by atoms with Crippen LogP contribution >= 0.6 is 0 Å². The fraction of sp³-hybridized carbons (Fsp3) is 0.154. The highest BCUT2D eigenvalue weighted by Gasteiger charge is 2.07. The van der Waals surface area contributed by atoms with E-state index >= 15 is 0 Å². The normalized spacial score (nSPS) is 10.9. The first-order chi connectivity index (χ1) is 16.3. The Hall–Kier alpha value is -4.46. The van der Waals surface area contributed by atoms with Gasteiger partial charge >= 0.3 is 0 Å². The van der Waals surface area contributed by atoms with Crippen molar-refractivity contribution in [1.82, 2.24) is 10.9 Å². The largest absolute Gasteiger partial charge is 0.378 e. The first-order valence-electron chi connectivity index (χ1n) is 10.6. The quantitative estimate of drug-likeness (QED) is 0.402. The summed E-state index contributed by atoms with van der Waals surface area (Å²) in [5.74, 6) is -0.586. The summed E-state index contributed by atoms with van der Waals surface area (Å²) >= 11 is 0. The number of anilines is 2. The molecule has 0 spiro atoms. The maximum atomic E-state index is 12.3. The average Bonchev–Trinajstić information content (AvgIpc) is 2.84. The van der Waals surface area contributed by atoms with Gasteiger partial charge in [-0.15, -0.1) is 0 Å². The van der Waals surface area contributed by atoms with Gasteiger partial charge in [-0.1, -0.05) is 30.3 Å². The molecule has 0 aliphatic carbocycles. The number of benzene rings is 3. The molecule has 3 aromatic carbocycles. The molecule has 0 aliphatic heterocycles. The molecule has 0 unspecified atom stereocenters. The Morgan fingerprint density at radius 3 is 1.47 bits per heavy atom. The van der Waals surface area contributed by atoms with Crippen LogP contribution in [0.25, 0.3) is 0 Å². The number of hydrogen-bond donors (Lipinski definition) is 2. The predicted octanol–water partition coefficient (Wildman–Crippen LogP) is 3.35. The molecule has 0 atom stereocenters. The molecule has 2 N–H and O–H groups in total. The van der Waals surface area contributed by atoms with Crippen molar-refractivity contribution in [3.8, 4) is 0 Å². The number of carbonyl (C=O) groups excluding carboxylic acids is 2. The van der Waals surface area contributed by atoms with Crippen LogP contribution in [0.1, 0.15) is 31.8 Å². The fourth-order valence-electron chi connectivity index (χ4n) is 3.03. The highest BCUT2D eigenvalue weighted by Crippen LogP contribution is 2.14. The second-order valence-electron chi connectivity index (χ2n) is 7.96. The number of hydrazone groups is 2. The van der Waals surface area contributed by atoms with Crippen molar-refractivity contribution in [2.24, 2.45) is 10.2 Å². The summed E-state index contributed by atoms with van der Waals surface area (Å²) in [6.45, 7) is 0. The first kappa shape index (κ1) is 24.2. The molecule has 2 amide bonds. The van der Waals surface area contributed by atoms with Crippen molar-refractivity contribution in [2.45, 2.75) is 0 Å². The molecular weight excluding hydrogens is 428 g/mol. The molecule has 0 heterocycles. The molecule has 0 aromatic heterocycles. The van der Waals surface area contributed by atoms with E-state index in [0.717, 1.165) is 22.5 Å². The van der Waals surface area contributed by atoms with E-state index in [1.165, 1.54) is 0 Å². The summed E-state index contributed by atoms with van der Waals surface area (Å²) in [6, 6.07) is 22.0. The number of amides is 2. The number of rotatable bonds is 8. The Bertz CT molecular complexity index is 1130. The molecule has 0 fully saturated rings. The molecule has 3 aromatic rings. The van der Waals surface area contributed by atoms with Crippen LogP contribution in [0.3, 0.4) is 0 Å². The number of carbonyl (C=O) groups is 2. The zero-order valence-electron chi connectivity index (χ0n) is 19.7.